The molecule has 0 spiro atoms. The first-order valence-corrected chi connectivity index (χ1v) is 8.14. The summed E-state index contributed by atoms with van der Waals surface area (Å²) in [7, 11) is 0. The Balaban J connectivity index is 1.90. The number of rotatable bonds is 5. The minimum absolute atomic E-state index is 0.0928. The third kappa shape index (κ3) is 4.20. The molecule has 2 N–H and O–H groups in total. The van der Waals surface area contributed by atoms with Gasteiger partial charge in [0.25, 0.3) is 0 Å². The van der Waals surface area contributed by atoms with Gasteiger partial charge >= 0.3 is 0 Å². The SMILES string of the molecule is CC(=O)Nc1cccc(-c2nccnc2N[C@@H](C)c2ccccc2)c1. The summed E-state index contributed by atoms with van der Waals surface area (Å²) in [6.07, 6.45) is 3.33. The maximum atomic E-state index is 11.3. The van der Waals surface area contributed by atoms with Crippen LogP contribution in [0, 0.1) is 0 Å². The van der Waals surface area contributed by atoms with E-state index in [0.717, 1.165) is 16.9 Å². The standard InChI is InChI=1S/C20H20N4O/c1-14(16-7-4-3-5-8-16)23-20-19(21-11-12-22-20)17-9-6-10-18(13-17)24-15(2)25/h3-14H,1-2H3,(H,22,23)(H,24,25)/t14-/m0/s1. The van der Waals surface area contributed by atoms with E-state index in [-0.39, 0.29) is 11.9 Å². The largest absolute Gasteiger partial charge is 0.362 e. The Bertz CT molecular complexity index is 864. The van der Waals surface area contributed by atoms with Gasteiger partial charge in [0.1, 0.15) is 5.69 Å². The molecule has 1 aromatic heterocycles. The number of hydrogen-bond donors (Lipinski definition) is 2. The highest BCUT2D eigenvalue weighted by atomic mass is 16.1. The van der Waals surface area contributed by atoms with Crippen molar-refractivity contribution < 1.29 is 4.79 Å². The number of nitrogens with zero attached hydrogens (tertiary/aromatic N) is 2. The second kappa shape index (κ2) is 7.57. The zero-order chi connectivity index (χ0) is 17.6. The van der Waals surface area contributed by atoms with Crippen molar-refractivity contribution >= 4 is 17.4 Å². The Labute approximate surface area is 147 Å². The van der Waals surface area contributed by atoms with Gasteiger partial charge in [-0.15, -0.1) is 0 Å². The first-order valence-electron chi connectivity index (χ1n) is 8.14. The number of aromatic nitrogens is 2. The van der Waals surface area contributed by atoms with Crippen molar-refractivity contribution in [2.75, 3.05) is 10.6 Å². The maximum absolute atomic E-state index is 11.3. The quantitative estimate of drug-likeness (QED) is 0.732. The van der Waals surface area contributed by atoms with Gasteiger partial charge in [-0.05, 0) is 24.6 Å². The molecule has 0 aliphatic rings. The monoisotopic (exact) mass is 332 g/mol. The van der Waals surface area contributed by atoms with Crippen LogP contribution in [0.4, 0.5) is 11.5 Å². The highest BCUT2D eigenvalue weighted by Gasteiger charge is 2.12. The molecule has 1 heterocycles. The van der Waals surface area contributed by atoms with Crippen molar-refractivity contribution in [3.63, 3.8) is 0 Å². The predicted octanol–water partition coefficient (Wildman–Crippen LogP) is 4.28. The molecule has 3 aromatic rings. The van der Waals surface area contributed by atoms with E-state index in [4.69, 9.17) is 0 Å². The van der Waals surface area contributed by atoms with E-state index in [1.807, 2.05) is 42.5 Å². The van der Waals surface area contributed by atoms with Crippen molar-refractivity contribution in [2.45, 2.75) is 19.9 Å². The van der Waals surface area contributed by atoms with E-state index in [9.17, 15) is 4.79 Å². The summed E-state index contributed by atoms with van der Waals surface area (Å²) in [6, 6.07) is 17.9. The lowest BCUT2D eigenvalue weighted by atomic mass is 10.1. The van der Waals surface area contributed by atoms with Crippen LogP contribution >= 0.6 is 0 Å². The van der Waals surface area contributed by atoms with Gasteiger partial charge < -0.3 is 10.6 Å². The van der Waals surface area contributed by atoms with Crippen LogP contribution in [0.3, 0.4) is 0 Å². The molecule has 0 saturated carbocycles. The predicted molar refractivity (Wildman–Crippen MR) is 100 cm³/mol. The minimum atomic E-state index is -0.104. The first-order chi connectivity index (χ1) is 12.1. The van der Waals surface area contributed by atoms with E-state index < -0.39 is 0 Å². The molecule has 0 aliphatic heterocycles. The molecule has 3 rings (SSSR count). The number of carbonyl (C=O) groups excluding carboxylic acids is 1. The van der Waals surface area contributed by atoms with E-state index in [1.54, 1.807) is 12.4 Å². The Kier molecular flexibility index (Phi) is 5.04. The number of carbonyl (C=O) groups is 1. The summed E-state index contributed by atoms with van der Waals surface area (Å²) in [5, 5.41) is 6.22. The number of benzene rings is 2. The third-order valence-corrected chi connectivity index (χ3v) is 3.81. The molecular formula is C20H20N4O. The summed E-state index contributed by atoms with van der Waals surface area (Å²) in [6.45, 7) is 3.57. The van der Waals surface area contributed by atoms with Crippen LogP contribution in [0.1, 0.15) is 25.5 Å². The molecule has 0 bridgehead atoms. The summed E-state index contributed by atoms with van der Waals surface area (Å²) in [4.78, 5) is 20.2. The van der Waals surface area contributed by atoms with Gasteiger partial charge in [0, 0.05) is 30.6 Å². The van der Waals surface area contributed by atoms with Crippen LogP contribution in [-0.2, 0) is 4.79 Å². The molecule has 0 saturated heterocycles. The lowest BCUT2D eigenvalue weighted by Crippen LogP contribution is -2.09. The van der Waals surface area contributed by atoms with Crippen LogP contribution in [0.5, 0.6) is 0 Å². The number of amides is 1. The Morgan fingerprint density at radius 2 is 1.76 bits per heavy atom. The fourth-order valence-electron chi connectivity index (χ4n) is 2.63. The van der Waals surface area contributed by atoms with Gasteiger partial charge in [0.15, 0.2) is 5.82 Å². The molecule has 1 amide bonds. The first kappa shape index (κ1) is 16.6. The topological polar surface area (TPSA) is 66.9 Å². The lowest BCUT2D eigenvalue weighted by molar-refractivity contribution is -0.114. The molecule has 2 aromatic carbocycles. The third-order valence-electron chi connectivity index (χ3n) is 3.81. The van der Waals surface area contributed by atoms with E-state index in [0.29, 0.717) is 5.82 Å². The maximum Gasteiger partial charge on any atom is 0.221 e. The zero-order valence-electron chi connectivity index (χ0n) is 14.2. The molecule has 5 nitrogen and oxygen atoms in total. The zero-order valence-corrected chi connectivity index (χ0v) is 14.2. The second-order valence-corrected chi connectivity index (χ2v) is 5.79. The van der Waals surface area contributed by atoms with Gasteiger partial charge in [-0.1, -0.05) is 42.5 Å². The van der Waals surface area contributed by atoms with Crippen molar-refractivity contribution in [1.29, 1.82) is 0 Å². The van der Waals surface area contributed by atoms with E-state index >= 15 is 0 Å². The summed E-state index contributed by atoms with van der Waals surface area (Å²) in [5.74, 6) is 0.603. The average molecular weight is 332 g/mol. The molecule has 0 aliphatic carbocycles. The normalized spacial score (nSPS) is 11.6. The average Bonchev–Trinajstić information content (AvgIpc) is 2.62. The molecule has 126 valence electrons. The fraction of sp³-hybridized carbons (Fsp3) is 0.150. The van der Waals surface area contributed by atoms with E-state index in [1.165, 1.54) is 12.5 Å². The highest BCUT2D eigenvalue weighted by molar-refractivity contribution is 5.89. The van der Waals surface area contributed by atoms with Crippen LogP contribution in [0.15, 0.2) is 67.0 Å². The molecule has 25 heavy (non-hydrogen) atoms. The molecule has 1 atom stereocenters. The van der Waals surface area contributed by atoms with Gasteiger partial charge in [0.2, 0.25) is 5.91 Å². The number of nitrogens with one attached hydrogen (secondary N) is 2. The molecular weight excluding hydrogens is 312 g/mol. The highest BCUT2D eigenvalue weighted by Crippen LogP contribution is 2.28. The van der Waals surface area contributed by atoms with Gasteiger partial charge in [-0.2, -0.15) is 0 Å². The van der Waals surface area contributed by atoms with Crippen molar-refractivity contribution in [3.05, 3.63) is 72.6 Å². The van der Waals surface area contributed by atoms with E-state index in [2.05, 4.69) is 39.7 Å². The lowest BCUT2D eigenvalue weighted by Gasteiger charge is -2.17. The smallest absolute Gasteiger partial charge is 0.221 e. The number of hydrogen-bond acceptors (Lipinski definition) is 4. The van der Waals surface area contributed by atoms with Crippen molar-refractivity contribution in [3.8, 4) is 11.3 Å². The van der Waals surface area contributed by atoms with Gasteiger partial charge in [0.05, 0.1) is 6.04 Å². The molecule has 5 heteroatoms. The molecule has 0 radical (unpaired) electrons. The van der Waals surface area contributed by atoms with Crippen molar-refractivity contribution in [2.24, 2.45) is 0 Å². The van der Waals surface area contributed by atoms with Gasteiger partial charge in [-0.25, -0.2) is 4.98 Å². The van der Waals surface area contributed by atoms with Crippen LogP contribution < -0.4 is 10.6 Å². The Hall–Kier alpha value is -3.21. The van der Waals surface area contributed by atoms with Crippen LogP contribution in [-0.4, -0.2) is 15.9 Å². The Morgan fingerprint density at radius 1 is 1.00 bits per heavy atom. The molecule has 0 unspecified atom stereocenters. The van der Waals surface area contributed by atoms with Crippen molar-refractivity contribution in [1.82, 2.24) is 9.97 Å². The fourth-order valence-corrected chi connectivity index (χ4v) is 2.63. The second-order valence-electron chi connectivity index (χ2n) is 5.79. The summed E-state index contributed by atoms with van der Waals surface area (Å²) < 4.78 is 0. The summed E-state index contributed by atoms with van der Waals surface area (Å²) >= 11 is 0. The summed E-state index contributed by atoms with van der Waals surface area (Å²) in [5.41, 5.74) is 3.54. The van der Waals surface area contributed by atoms with Crippen LogP contribution in [0.25, 0.3) is 11.3 Å². The van der Waals surface area contributed by atoms with Crippen LogP contribution in [0.2, 0.25) is 0 Å². The minimum Gasteiger partial charge on any atom is -0.362 e. The van der Waals surface area contributed by atoms with Gasteiger partial charge in [-0.3, -0.25) is 9.78 Å². The Morgan fingerprint density at radius 3 is 2.52 bits per heavy atom. The number of anilines is 2. The molecule has 0 fully saturated rings.